The Kier molecular flexibility index (Phi) is 12.3. The predicted molar refractivity (Wildman–Crippen MR) is 142 cm³/mol. The van der Waals surface area contributed by atoms with Crippen molar-refractivity contribution < 1.29 is 4.79 Å². The Balaban J connectivity index is 0.00000341. The number of aliphatic imine (C=N–C) groups is 1. The molecule has 6 nitrogen and oxygen atoms in total. The van der Waals surface area contributed by atoms with Crippen LogP contribution in [0, 0.1) is 5.92 Å². The summed E-state index contributed by atoms with van der Waals surface area (Å²) in [6.45, 7) is 6.04. The van der Waals surface area contributed by atoms with Gasteiger partial charge in [0.1, 0.15) is 4.34 Å². The van der Waals surface area contributed by atoms with Crippen LogP contribution in [0.25, 0.3) is 0 Å². The summed E-state index contributed by atoms with van der Waals surface area (Å²) in [5.74, 6) is 2.42. The van der Waals surface area contributed by atoms with Crippen molar-refractivity contribution in [3.8, 4) is 0 Å². The first-order valence-electron chi connectivity index (χ1n) is 10.6. The number of carbonyl (C=O) groups is 1. The number of guanidine groups is 1. The molecule has 1 fully saturated rings. The van der Waals surface area contributed by atoms with Crippen molar-refractivity contribution in [2.45, 2.75) is 30.5 Å². The second kappa shape index (κ2) is 14.7. The van der Waals surface area contributed by atoms with Gasteiger partial charge in [0.05, 0.1) is 0 Å². The van der Waals surface area contributed by atoms with E-state index in [9.17, 15) is 4.79 Å². The van der Waals surface area contributed by atoms with Crippen molar-refractivity contribution in [1.29, 1.82) is 0 Å². The van der Waals surface area contributed by atoms with Crippen LogP contribution in [-0.4, -0.2) is 60.2 Å². The Hall–Kier alpha value is -1.33. The van der Waals surface area contributed by atoms with Crippen molar-refractivity contribution in [3.63, 3.8) is 0 Å². The number of rotatable bonds is 11. The van der Waals surface area contributed by atoms with Gasteiger partial charge in [-0.2, -0.15) is 0 Å². The van der Waals surface area contributed by atoms with E-state index < -0.39 is 0 Å². The zero-order valence-electron chi connectivity index (χ0n) is 18.0. The zero-order chi connectivity index (χ0) is 21.0. The molecule has 1 amide bonds. The lowest BCUT2D eigenvalue weighted by molar-refractivity contribution is -0.127. The van der Waals surface area contributed by atoms with Gasteiger partial charge in [0.15, 0.2) is 5.96 Å². The Bertz CT molecular complexity index is 788. The van der Waals surface area contributed by atoms with Crippen LogP contribution < -0.4 is 10.6 Å². The molecule has 170 valence electrons. The van der Waals surface area contributed by atoms with E-state index in [1.807, 2.05) is 34.7 Å². The summed E-state index contributed by atoms with van der Waals surface area (Å²) in [7, 11) is 0. The minimum Gasteiger partial charge on any atom is -0.357 e. The normalized spacial score (nSPS) is 16.3. The van der Waals surface area contributed by atoms with E-state index in [0.717, 1.165) is 55.1 Å². The zero-order valence-corrected chi connectivity index (χ0v) is 21.9. The minimum atomic E-state index is 0. The highest BCUT2D eigenvalue weighted by atomic mass is 127. The number of thioether (sulfide) groups is 1. The molecule has 2 aromatic rings. The molecule has 0 spiro atoms. The SMILES string of the molecule is CCNC(=NCC1CC(=O)N(CCc2ccccc2)C1)NCCCSc1nccs1.I. The van der Waals surface area contributed by atoms with Crippen molar-refractivity contribution in [2.24, 2.45) is 10.9 Å². The largest absolute Gasteiger partial charge is 0.357 e. The number of amides is 1. The molecule has 9 heteroatoms. The van der Waals surface area contributed by atoms with Crippen LogP contribution in [0.2, 0.25) is 0 Å². The van der Waals surface area contributed by atoms with Crippen LogP contribution in [0.4, 0.5) is 0 Å². The maximum Gasteiger partial charge on any atom is 0.223 e. The smallest absolute Gasteiger partial charge is 0.223 e. The van der Waals surface area contributed by atoms with Crippen molar-refractivity contribution in [1.82, 2.24) is 20.5 Å². The molecule has 1 aliphatic heterocycles. The van der Waals surface area contributed by atoms with Gasteiger partial charge >= 0.3 is 0 Å². The van der Waals surface area contributed by atoms with Gasteiger partial charge in [0.25, 0.3) is 0 Å². The van der Waals surface area contributed by atoms with Crippen molar-refractivity contribution in [2.75, 3.05) is 38.5 Å². The van der Waals surface area contributed by atoms with Gasteiger partial charge in [-0.15, -0.1) is 35.3 Å². The summed E-state index contributed by atoms with van der Waals surface area (Å²) in [6.07, 6.45) is 4.40. The summed E-state index contributed by atoms with van der Waals surface area (Å²) in [6, 6.07) is 10.4. The lowest BCUT2D eigenvalue weighted by Gasteiger charge is -2.16. The van der Waals surface area contributed by atoms with Gasteiger partial charge in [-0.1, -0.05) is 42.1 Å². The maximum atomic E-state index is 12.4. The molecule has 2 heterocycles. The van der Waals surface area contributed by atoms with E-state index in [1.54, 1.807) is 23.1 Å². The molecule has 3 rings (SSSR count). The predicted octanol–water partition coefficient (Wildman–Crippen LogP) is 3.89. The van der Waals surface area contributed by atoms with E-state index in [2.05, 4.69) is 34.7 Å². The number of nitrogens with one attached hydrogen (secondary N) is 2. The van der Waals surface area contributed by atoms with E-state index in [-0.39, 0.29) is 29.9 Å². The summed E-state index contributed by atoms with van der Waals surface area (Å²) in [5, 5.41) is 8.71. The van der Waals surface area contributed by atoms with E-state index in [4.69, 9.17) is 4.99 Å². The number of thiazole rings is 1. The fraction of sp³-hybridized carbons (Fsp3) is 0.500. The molecule has 0 bridgehead atoms. The second-order valence-corrected chi connectivity index (χ2v) is 9.53. The third-order valence-corrected chi connectivity index (χ3v) is 6.96. The summed E-state index contributed by atoms with van der Waals surface area (Å²) >= 11 is 3.48. The fourth-order valence-corrected chi connectivity index (χ4v) is 5.03. The average molecular weight is 574 g/mol. The first-order chi connectivity index (χ1) is 14.7. The van der Waals surface area contributed by atoms with Gasteiger partial charge in [0.2, 0.25) is 5.91 Å². The van der Waals surface area contributed by atoms with Gasteiger partial charge in [-0.25, -0.2) is 4.98 Å². The number of nitrogens with zero attached hydrogens (tertiary/aromatic N) is 3. The van der Waals surface area contributed by atoms with E-state index in [0.29, 0.717) is 18.9 Å². The summed E-state index contributed by atoms with van der Waals surface area (Å²) in [4.78, 5) is 23.4. The number of carbonyl (C=O) groups excluding carboxylic acids is 1. The van der Waals surface area contributed by atoms with Crippen LogP contribution in [0.3, 0.4) is 0 Å². The van der Waals surface area contributed by atoms with Gasteiger partial charge < -0.3 is 15.5 Å². The molecule has 2 N–H and O–H groups in total. The molecule has 0 aliphatic carbocycles. The van der Waals surface area contributed by atoms with E-state index >= 15 is 0 Å². The van der Waals surface area contributed by atoms with Crippen molar-refractivity contribution in [3.05, 3.63) is 47.5 Å². The lowest BCUT2D eigenvalue weighted by Crippen LogP contribution is -2.38. The van der Waals surface area contributed by atoms with Gasteiger partial charge in [0, 0.05) is 62.4 Å². The number of hydrogen-bond acceptors (Lipinski definition) is 5. The Labute approximate surface area is 210 Å². The van der Waals surface area contributed by atoms with Crippen LogP contribution in [0.15, 0.2) is 51.2 Å². The highest BCUT2D eigenvalue weighted by molar-refractivity contribution is 14.0. The molecule has 1 aromatic heterocycles. The van der Waals surface area contributed by atoms with E-state index in [1.165, 1.54) is 5.56 Å². The third kappa shape index (κ3) is 9.36. The molecule has 1 unspecified atom stereocenters. The van der Waals surface area contributed by atoms with Crippen LogP contribution in [0.1, 0.15) is 25.3 Å². The number of benzene rings is 1. The highest BCUT2D eigenvalue weighted by Crippen LogP contribution is 2.20. The molecule has 1 aromatic carbocycles. The first-order valence-corrected chi connectivity index (χ1v) is 12.5. The molecular weight excluding hydrogens is 541 g/mol. The fourth-order valence-electron chi connectivity index (χ4n) is 3.38. The van der Waals surface area contributed by atoms with Gasteiger partial charge in [-0.05, 0) is 25.3 Å². The van der Waals surface area contributed by atoms with Crippen LogP contribution in [-0.2, 0) is 11.2 Å². The third-order valence-electron chi connectivity index (χ3n) is 4.91. The number of halogens is 1. The molecule has 1 atom stereocenters. The maximum absolute atomic E-state index is 12.4. The Morgan fingerprint density at radius 2 is 2.16 bits per heavy atom. The molecule has 31 heavy (non-hydrogen) atoms. The minimum absolute atomic E-state index is 0. The standard InChI is InChI=1S/C22H31N5OS2.HI/c1-2-23-21(24-10-6-13-29-22-25-11-14-30-22)26-16-19-15-20(28)27(17-19)12-9-18-7-4-3-5-8-18;/h3-5,7-8,11,14,19H,2,6,9-10,12-13,15-17H2,1H3,(H2,23,24,26);1H. The summed E-state index contributed by atoms with van der Waals surface area (Å²) < 4.78 is 1.12. The molecule has 1 saturated heterocycles. The first kappa shape index (κ1) is 25.9. The molecular formula is C22H32IN5OS2. The van der Waals surface area contributed by atoms with Crippen LogP contribution >= 0.6 is 47.1 Å². The van der Waals surface area contributed by atoms with Crippen molar-refractivity contribution >= 4 is 58.9 Å². The number of aromatic nitrogens is 1. The molecule has 0 radical (unpaired) electrons. The highest BCUT2D eigenvalue weighted by Gasteiger charge is 2.28. The number of likely N-dealkylation sites (tertiary alicyclic amines) is 1. The second-order valence-electron chi connectivity index (χ2n) is 7.29. The van der Waals surface area contributed by atoms with Crippen LogP contribution in [0.5, 0.6) is 0 Å². The monoisotopic (exact) mass is 573 g/mol. The molecule has 0 saturated carbocycles. The topological polar surface area (TPSA) is 69.6 Å². The average Bonchev–Trinajstić information content (AvgIpc) is 3.40. The van der Waals surface area contributed by atoms with Gasteiger partial charge in [-0.3, -0.25) is 9.79 Å². The molecule has 1 aliphatic rings. The Morgan fingerprint density at radius 3 is 2.90 bits per heavy atom. The number of hydrogen-bond donors (Lipinski definition) is 2. The quantitative estimate of drug-likeness (QED) is 0.140. The lowest BCUT2D eigenvalue weighted by atomic mass is 10.1. The summed E-state index contributed by atoms with van der Waals surface area (Å²) in [5.41, 5.74) is 1.28. The Morgan fingerprint density at radius 1 is 1.32 bits per heavy atom.